The number of pyridine rings is 1. The number of aromatic nitrogens is 1. The largest absolute Gasteiger partial charge is 0.481 e. The number of amides is 1. The third kappa shape index (κ3) is 3.41. The van der Waals surface area contributed by atoms with E-state index in [1.807, 2.05) is 0 Å². The number of halogens is 2. The van der Waals surface area contributed by atoms with E-state index in [1.165, 1.54) is 12.3 Å². The molecular weight excluding hydrogens is 303 g/mol. The molecule has 0 radical (unpaired) electrons. The van der Waals surface area contributed by atoms with Crippen molar-refractivity contribution in [3.63, 3.8) is 0 Å². The first-order valence-corrected chi connectivity index (χ1v) is 6.98. The summed E-state index contributed by atoms with van der Waals surface area (Å²) in [5.74, 6) is -1.21. The van der Waals surface area contributed by atoms with Gasteiger partial charge in [0.15, 0.2) is 0 Å². The van der Waals surface area contributed by atoms with Gasteiger partial charge in [-0.15, -0.1) is 0 Å². The molecule has 7 heteroatoms. The van der Waals surface area contributed by atoms with E-state index in [4.69, 9.17) is 28.3 Å². The van der Waals surface area contributed by atoms with E-state index >= 15 is 0 Å². The number of carboxylic acid groups (broad SMARTS) is 1. The Labute approximate surface area is 126 Å². The second-order valence-corrected chi connectivity index (χ2v) is 5.89. The van der Waals surface area contributed by atoms with Crippen LogP contribution in [0.15, 0.2) is 12.3 Å². The van der Waals surface area contributed by atoms with Crippen LogP contribution in [0.3, 0.4) is 0 Å². The highest BCUT2D eigenvalue weighted by atomic mass is 35.5. The van der Waals surface area contributed by atoms with Crippen molar-refractivity contribution in [2.45, 2.75) is 25.7 Å². The lowest BCUT2D eigenvalue weighted by atomic mass is 9.66. The number of carbonyl (C=O) groups is 2. The van der Waals surface area contributed by atoms with Crippen LogP contribution >= 0.6 is 23.2 Å². The lowest BCUT2D eigenvalue weighted by molar-refractivity contribution is -0.141. The Hall–Kier alpha value is -1.33. The number of hydrogen-bond acceptors (Lipinski definition) is 3. The summed E-state index contributed by atoms with van der Waals surface area (Å²) in [4.78, 5) is 26.7. The van der Waals surface area contributed by atoms with Crippen molar-refractivity contribution in [1.82, 2.24) is 10.3 Å². The highest BCUT2D eigenvalue weighted by Crippen LogP contribution is 2.43. The smallest absolute Gasteiger partial charge is 0.303 e. The van der Waals surface area contributed by atoms with Crippen LogP contribution in [0.1, 0.15) is 36.0 Å². The molecule has 1 heterocycles. The molecule has 1 aliphatic carbocycles. The molecule has 0 bridgehead atoms. The molecule has 1 aromatic heterocycles. The minimum atomic E-state index is -0.844. The summed E-state index contributed by atoms with van der Waals surface area (Å²) in [5, 5.41) is 12.1. The molecule has 0 aliphatic heterocycles. The quantitative estimate of drug-likeness (QED) is 0.819. The molecule has 1 saturated carbocycles. The topological polar surface area (TPSA) is 79.3 Å². The number of aliphatic carboxylic acids is 1. The number of nitrogens with zero attached hydrogens (tertiary/aromatic N) is 1. The molecule has 108 valence electrons. The van der Waals surface area contributed by atoms with Gasteiger partial charge in [0.1, 0.15) is 5.15 Å². The van der Waals surface area contributed by atoms with Crippen LogP contribution in [-0.4, -0.2) is 28.5 Å². The second kappa shape index (κ2) is 5.97. The van der Waals surface area contributed by atoms with E-state index in [2.05, 4.69) is 10.3 Å². The third-order valence-corrected chi connectivity index (χ3v) is 4.14. The van der Waals surface area contributed by atoms with Gasteiger partial charge in [-0.2, -0.15) is 0 Å². The van der Waals surface area contributed by atoms with E-state index < -0.39 is 5.97 Å². The summed E-state index contributed by atoms with van der Waals surface area (Å²) in [6.45, 7) is 0.328. The fourth-order valence-corrected chi connectivity index (χ4v) is 2.71. The first-order chi connectivity index (χ1) is 9.42. The maximum atomic E-state index is 12.1. The van der Waals surface area contributed by atoms with Gasteiger partial charge in [0.25, 0.3) is 5.91 Å². The number of carboxylic acids is 1. The van der Waals surface area contributed by atoms with Gasteiger partial charge in [0, 0.05) is 12.7 Å². The Morgan fingerprint density at radius 1 is 1.40 bits per heavy atom. The Bertz CT molecular complexity index is 544. The van der Waals surface area contributed by atoms with Gasteiger partial charge in [-0.25, -0.2) is 4.98 Å². The maximum Gasteiger partial charge on any atom is 0.303 e. The summed E-state index contributed by atoms with van der Waals surface area (Å²) in [6.07, 6.45) is 3.99. The Kier molecular flexibility index (Phi) is 4.50. The van der Waals surface area contributed by atoms with Gasteiger partial charge in [-0.05, 0) is 24.3 Å². The molecule has 1 aromatic rings. The first-order valence-electron chi connectivity index (χ1n) is 6.23. The van der Waals surface area contributed by atoms with E-state index in [0.717, 1.165) is 19.3 Å². The fraction of sp³-hybridized carbons (Fsp3) is 0.462. The maximum absolute atomic E-state index is 12.1. The molecule has 5 nitrogen and oxygen atoms in total. The predicted octanol–water partition coefficient (Wildman–Crippen LogP) is 2.76. The standard InChI is InChI=1S/C13H14Cl2N2O3/c14-9-6-16-10(15)4-8(9)12(20)17-7-13(2-1-3-13)5-11(18)19/h4,6H,1-3,5,7H2,(H,17,20)(H,18,19). The third-order valence-electron chi connectivity index (χ3n) is 3.63. The van der Waals surface area contributed by atoms with E-state index in [0.29, 0.717) is 6.54 Å². The molecule has 0 spiro atoms. The predicted molar refractivity (Wildman–Crippen MR) is 75.1 cm³/mol. The highest BCUT2D eigenvalue weighted by Gasteiger charge is 2.39. The van der Waals surface area contributed by atoms with Crippen molar-refractivity contribution in [1.29, 1.82) is 0 Å². The van der Waals surface area contributed by atoms with Crippen LogP contribution in [0, 0.1) is 5.41 Å². The molecule has 1 aliphatic rings. The normalized spacial score (nSPS) is 16.3. The van der Waals surface area contributed by atoms with Crippen molar-refractivity contribution < 1.29 is 14.7 Å². The zero-order chi connectivity index (χ0) is 14.8. The number of nitrogens with one attached hydrogen (secondary N) is 1. The first kappa shape index (κ1) is 15.1. The van der Waals surface area contributed by atoms with Crippen LogP contribution in [0.5, 0.6) is 0 Å². The van der Waals surface area contributed by atoms with Crippen molar-refractivity contribution in [2.75, 3.05) is 6.54 Å². The molecule has 0 atom stereocenters. The zero-order valence-electron chi connectivity index (χ0n) is 10.7. The summed E-state index contributed by atoms with van der Waals surface area (Å²) >= 11 is 11.6. The molecule has 0 aromatic carbocycles. The minimum absolute atomic E-state index is 0.0676. The average Bonchev–Trinajstić information content (AvgIpc) is 2.34. The van der Waals surface area contributed by atoms with Crippen molar-refractivity contribution in [3.8, 4) is 0 Å². The summed E-state index contributed by atoms with van der Waals surface area (Å²) in [7, 11) is 0. The molecule has 2 N–H and O–H groups in total. The number of rotatable bonds is 5. The van der Waals surface area contributed by atoms with E-state index in [-0.39, 0.29) is 33.5 Å². The lowest BCUT2D eigenvalue weighted by Gasteiger charge is -2.40. The summed E-state index contributed by atoms with van der Waals surface area (Å²) in [6, 6.07) is 1.39. The molecule has 0 unspecified atom stereocenters. The number of hydrogen-bond donors (Lipinski definition) is 2. The Morgan fingerprint density at radius 3 is 2.65 bits per heavy atom. The van der Waals surface area contributed by atoms with Gasteiger partial charge < -0.3 is 10.4 Å². The van der Waals surface area contributed by atoms with Gasteiger partial charge in [0.05, 0.1) is 17.0 Å². The minimum Gasteiger partial charge on any atom is -0.481 e. The molecule has 1 amide bonds. The van der Waals surface area contributed by atoms with Crippen molar-refractivity contribution >= 4 is 35.1 Å². The molecular formula is C13H14Cl2N2O3. The number of carbonyl (C=O) groups excluding carboxylic acids is 1. The SMILES string of the molecule is O=C(O)CC1(CNC(=O)c2cc(Cl)ncc2Cl)CCC1. The van der Waals surface area contributed by atoms with Crippen LogP contribution in [0.2, 0.25) is 10.2 Å². The molecule has 0 saturated heterocycles. The van der Waals surface area contributed by atoms with Gasteiger partial charge in [-0.1, -0.05) is 29.6 Å². The average molecular weight is 317 g/mol. The van der Waals surface area contributed by atoms with Crippen LogP contribution in [0.25, 0.3) is 0 Å². The Balaban J connectivity index is 2.01. The second-order valence-electron chi connectivity index (χ2n) is 5.09. The van der Waals surface area contributed by atoms with Crippen molar-refractivity contribution in [2.24, 2.45) is 5.41 Å². The van der Waals surface area contributed by atoms with E-state index in [1.54, 1.807) is 0 Å². The van der Waals surface area contributed by atoms with E-state index in [9.17, 15) is 9.59 Å². The monoisotopic (exact) mass is 316 g/mol. The molecule has 2 rings (SSSR count). The van der Waals surface area contributed by atoms with Crippen LogP contribution < -0.4 is 5.32 Å². The summed E-state index contributed by atoms with van der Waals surface area (Å²) < 4.78 is 0. The van der Waals surface area contributed by atoms with Gasteiger partial charge in [0.2, 0.25) is 0 Å². The highest BCUT2D eigenvalue weighted by molar-refractivity contribution is 6.35. The van der Waals surface area contributed by atoms with Gasteiger partial charge in [-0.3, -0.25) is 9.59 Å². The fourth-order valence-electron chi connectivity index (χ4n) is 2.36. The Morgan fingerprint density at radius 2 is 2.10 bits per heavy atom. The lowest BCUT2D eigenvalue weighted by Crippen LogP contribution is -2.43. The van der Waals surface area contributed by atoms with Gasteiger partial charge >= 0.3 is 5.97 Å². The van der Waals surface area contributed by atoms with Crippen molar-refractivity contribution in [3.05, 3.63) is 28.0 Å². The van der Waals surface area contributed by atoms with Crippen LogP contribution in [-0.2, 0) is 4.79 Å². The summed E-state index contributed by atoms with van der Waals surface area (Å²) in [5.41, 5.74) is -0.0818. The molecule has 20 heavy (non-hydrogen) atoms. The molecule has 1 fully saturated rings. The van der Waals surface area contributed by atoms with Crippen LogP contribution in [0.4, 0.5) is 0 Å². The zero-order valence-corrected chi connectivity index (χ0v) is 12.2.